The molecule has 7 heteroatoms. The van der Waals surface area contributed by atoms with E-state index < -0.39 is 0 Å². The Hall–Kier alpha value is -1.70. The van der Waals surface area contributed by atoms with Gasteiger partial charge in [0.25, 0.3) is 11.5 Å². The second-order valence-electron chi connectivity index (χ2n) is 6.85. The van der Waals surface area contributed by atoms with Crippen LogP contribution in [0.5, 0.6) is 0 Å². The molecule has 0 spiro atoms. The van der Waals surface area contributed by atoms with E-state index in [-0.39, 0.29) is 11.5 Å². The number of hydrogen-bond donors (Lipinski definition) is 0. The lowest BCUT2D eigenvalue weighted by atomic mass is 10.0. The summed E-state index contributed by atoms with van der Waals surface area (Å²) in [4.78, 5) is 29.1. The molecule has 1 aromatic rings. The van der Waals surface area contributed by atoms with Gasteiger partial charge in [-0.05, 0) is 12.0 Å². The molecule has 138 valence electrons. The summed E-state index contributed by atoms with van der Waals surface area (Å²) in [5, 5.41) is 0. The van der Waals surface area contributed by atoms with Crippen molar-refractivity contribution in [1.29, 1.82) is 0 Å². The van der Waals surface area contributed by atoms with E-state index in [1.807, 2.05) is 4.90 Å². The molecule has 0 aromatic carbocycles. The Balaban J connectivity index is 1.69. The Morgan fingerprint density at radius 1 is 1.28 bits per heavy atom. The first kappa shape index (κ1) is 18.1. The number of aromatic nitrogens is 1. The molecule has 0 radical (unpaired) electrons. The minimum atomic E-state index is -0.116. The van der Waals surface area contributed by atoms with Gasteiger partial charge in [-0.2, -0.15) is 0 Å². The van der Waals surface area contributed by atoms with Crippen LogP contribution in [0, 0.1) is 5.92 Å². The Morgan fingerprint density at radius 3 is 2.76 bits per heavy atom. The van der Waals surface area contributed by atoms with Gasteiger partial charge in [-0.1, -0.05) is 6.92 Å². The van der Waals surface area contributed by atoms with Crippen molar-refractivity contribution in [2.75, 3.05) is 53.1 Å². The Bertz CT molecular complexity index is 654. The minimum absolute atomic E-state index is 0.00576. The highest BCUT2D eigenvalue weighted by Gasteiger charge is 2.36. The van der Waals surface area contributed by atoms with Crippen molar-refractivity contribution in [2.45, 2.75) is 19.5 Å². The number of ether oxygens (including phenoxy) is 2. The number of hydrogen-bond acceptors (Lipinski definition) is 5. The number of amides is 1. The molecule has 1 amide bonds. The lowest BCUT2D eigenvalue weighted by Gasteiger charge is -2.34. The first-order chi connectivity index (χ1) is 12.1. The van der Waals surface area contributed by atoms with Crippen LogP contribution >= 0.6 is 0 Å². The number of morpholine rings is 1. The van der Waals surface area contributed by atoms with Crippen LogP contribution in [0.1, 0.15) is 17.3 Å². The summed E-state index contributed by atoms with van der Waals surface area (Å²) in [6, 6.07) is 3.47. The van der Waals surface area contributed by atoms with Crippen molar-refractivity contribution in [3.63, 3.8) is 0 Å². The van der Waals surface area contributed by atoms with E-state index in [0.717, 1.165) is 39.4 Å². The maximum absolute atomic E-state index is 12.9. The van der Waals surface area contributed by atoms with E-state index >= 15 is 0 Å². The number of carbonyl (C=O) groups is 1. The van der Waals surface area contributed by atoms with Crippen molar-refractivity contribution in [2.24, 2.45) is 5.92 Å². The lowest BCUT2D eigenvalue weighted by Crippen LogP contribution is -2.47. The molecule has 0 unspecified atom stereocenters. The predicted octanol–water partition coefficient (Wildman–Crippen LogP) is 0.287. The largest absolute Gasteiger partial charge is 0.383 e. The summed E-state index contributed by atoms with van der Waals surface area (Å²) < 4.78 is 12.0. The van der Waals surface area contributed by atoms with E-state index in [0.29, 0.717) is 30.7 Å². The highest BCUT2D eigenvalue weighted by molar-refractivity contribution is 5.94. The van der Waals surface area contributed by atoms with Gasteiger partial charge in [-0.25, -0.2) is 0 Å². The minimum Gasteiger partial charge on any atom is -0.383 e. The Labute approximate surface area is 148 Å². The molecule has 2 saturated heterocycles. The van der Waals surface area contributed by atoms with E-state index in [1.54, 1.807) is 19.4 Å². The second-order valence-corrected chi connectivity index (χ2v) is 6.85. The molecule has 7 nitrogen and oxygen atoms in total. The molecule has 2 aliphatic heterocycles. The molecule has 0 N–H and O–H groups in total. The number of rotatable bonds is 5. The van der Waals surface area contributed by atoms with Crippen LogP contribution in [0.15, 0.2) is 23.1 Å². The Kier molecular flexibility index (Phi) is 5.88. The molecule has 2 fully saturated rings. The van der Waals surface area contributed by atoms with Crippen LogP contribution in [-0.4, -0.2) is 79.4 Å². The van der Waals surface area contributed by atoms with Crippen LogP contribution in [0.25, 0.3) is 0 Å². The summed E-state index contributed by atoms with van der Waals surface area (Å²) in [6.07, 6.45) is 1.65. The van der Waals surface area contributed by atoms with Gasteiger partial charge in [0.1, 0.15) is 0 Å². The molecule has 0 aliphatic carbocycles. The molecule has 0 bridgehead atoms. The molecular formula is C18H27N3O4. The quantitative estimate of drug-likeness (QED) is 0.764. The number of methoxy groups -OCH3 is 1. The monoisotopic (exact) mass is 349 g/mol. The zero-order chi connectivity index (χ0) is 17.8. The third-order valence-electron chi connectivity index (χ3n) is 5.14. The molecule has 1 aromatic heterocycles. The molecule has 0 saturated carbocycles. The number of carbonyl (C=O) groups excluding carboxylic acids is 1. The molecular weight excluding hydrogens is 322 g/mol. The summed E-state index contributed by atoms with van der Waals surface area (Å²) in [5.41, 5.74) is 0.445. The SMILES string of the molecule is COCCn1cc(C(=O)N2C[C@@H](C)[C@H](N3CCOCC3)C2)ccc1=O. The van der Waals surface area contributed by atoms with Crippen molar-refractivity contribution >= 4 is 5.91 Å². The Morgan fingerprint density at radius 2 is 2.04 bits per heavy atom. The van der Waals surface area contributed by atoms with Gasteiger partial charge in [-0.3, -0.25) is 14.5 Å². The van der Waals surface area contributed by atoms with Crippen molar-refractivity contribution in [3.8, 4) is 0 Å². The van der Waals surface area contributed by atoms with E-state index in [9.17, 15) is 9.59 Å². The fourth-order valence-electron chi connectivity index (χ4n) is 3.70. The fourth-order valence-corrected chi connectivity index (χ4v) is 3.70. The standard InChI is InChI=1S/C18H27N3O4/c1-14-11-21(13-16(14)19-6-9-25-10-7-19)18(23)15-3-4-17(22)20(12-15)5-8-24-2/h3-4,12,14,16H,5-11,13H2,1-2H3/t14-,16-/m1/s1. The van der Waals surface area contributed by atoms with Crippen LogP contribution in [-0.2, 0) is 16.0 Å². The molecule has 3 rings (SSSR count). The summed E-state index contributed by atoms with van der Waals surface area (Å²) in [6.45, 7) is 7.96. The van der Waals surface area contributed by atoms with Crippen molar-refractivity contribution < 1.29 is 14.3 Å². The maximum Gasteiger partial charge on any atom is 0.255 e. The zero-order valence-electron chi connectivity index (χ0n) is 15.0. The lowest BCUT2D eigenvalue weighted by molar-refractivity contribution is 0.0119. The van der Waals surface area contributed by atoms with E-state index in [4.69, 9.17) is 9.47 Å². The van der Waals surface area contributed by atoms with E-state index in [1.165, 1.54) is 10.6 Å². The average Bonchev–Trinajstić information content (AvgIpc) is 3.03. The summed E-state index contributed by atoms with van der Waals surface area (Å²) in [7, 11) is 1.59. The number of pyridine rings is 1. The maximum atomic E-state index is 12.9. The highest BCUT2D eigenvalue weighted by atomic mass is 16.5. The first-order valence-corrected chi connectivity index (χ1v) is 8.90. The molecule has 2 aliphatic rings. The topological polar surface area (TPSA) is 64.0 Å². The number of nitrogens with zero attached hydrogens (tertiary/aromatic N) is 3. The van der Waals surface area contributed by atoms with Crippen LogP contribution in [0.3, 0.4) is 0 Å². The molecule has 25 heavy (non-hydrogen) atoms. The highest BCUT2D eigenvalue weighted by Crippen LogP contribution is 2.24. The molecule has 3 heterocycles. The fraction of sp³-hybridized carbons (Fsp3) is 0.667. The third kappa shape index (κ3) is 4.11. The molecule has 2 atom stereocenters. The number of likely N-dealkylation sites (tertiary alicyclic amines) is 1. The van der Waals surface area contributed by atoms with Crippen LogP contribution < -0.4 is 5.56 Å². The van der Waals surface area contributed by atoms with Gasteiger partial charge in [-0.15, -0.1) is 0 Å². The average molecular weight is 349 g/mol. The smallest absolute Gasteiger partial charge is 0.255 e. The zero-order valence-corrected chi connectivity index (χ0v) is 15.0. The van der Waals surface area contributed by atoms with Gasteiger partial charge < -0.3 is 18.9 Å². The van der Waals surface area contributed by atoms with Crippen LogP contribution in [0.4, 0.5) is 0 Å². The second kappa shape index (κ2) is 8.12. The summed E-state index contributed by atoms with van der Waals surface area (Å²) >= 11 is 0. The summed E-state index contributed by atoms with van der Waals surface area (Å²) in [5.74, 6) is 0.426. The third-order valence-corrected chi connectivity index (χ3v) is 5.14. The van der Waals surface area contributed by atoms with Gasteiger partial charge in [0.15, 0.2) is 0 Å². The van der Waals surface area contributed by atoms with E-state index in [2.05, 4.69) is 11.8 Å². The van der Waals surface area contributed by atoms with Gasteiger partial charge >= 0.3 is 0 Å². The normalized spacial score (nSPS) is 24.6. The predicted molar refractivity (Wildman–Crippen MR) is 93.8 cm³/mol. The van der Waals surface area contributed by atoms with Crippen molar-refractivity contribution in [3.05, 3.63) is 34.2 Å². The van der Waals surface area contributed by atoms with Crippen LogP contribution in [0.2, 0.25) is 0 Å². The van der Waals surface area contributed by atoms with Gasteiger partial charge in [0.05, 0.1) is 25.4 Å². The van der Waals surface area contributed by atoms with Crippen molar-refractivity contribution in [1.82, 2.24) is 14.4 Å². The first-order valence-electron chi connectivity index (χ1n) is 8.90. The van der Waals surface area contributed by atoms with Gasteiger partial charge in [0.2, 0.25) is 0 Å². The van der Waals surface area contributed by atoms with Gasteiger partial charge in [0, 0.05) is 58.1 Å².